The summed E-state index contributed by atoms with van der Waals surface area (Å²) < 4.78 is 13.8. The van der Waals surface area contributed by atoms with Gasteiger partial charge in [0.1, 0.15) is 18.1 Å². The van der Waals surface area contributed by atoms with Crippen LogP contribution in [0.25, 0.3) is 11.6 Å². The zero-order valence-corrected chi connectivity index (χ0v) is 19.8. The number of nitrogens with zero attached hydrogens (tertiary/aromatic N) is 2. The van der Waals surface area contributed by atoms with E-state index in [9.17, 15) is 18.8 Å². The summed E-state index contributed by atoms with van der Waals surface area (Å²) in [5, 5.41) is 4.93. The van der Waals surface area contributed by atoms with Crippen LogP contribution in [0.2, 0.25) is 0 Å². The number of carbonyl (C=O) groups is 3. The molecule has 0 bridgehead atoms. The Balaban J connectivity index is 1.56. The van der Waals surface area contributed by atoms with E-state index in [-0.39, 0.29) is 16.9 Å². The third kappa shape index (κ3) is 4.19. The Morgan fingerprint density at radius 1 is 1.18 bits per heavy atom. The molecule has 0 aromatic heterocycles. The Labute approximate surface area is 197 Å². The molecule has 0 radical (unpaired) electrons. The van der Waals surface area contributed by atoms with Crippen LogP contribution in [0.4, 0.5) is 20.6 Å². The van der Waals surface area contributed by atoms with Gasteiger partial charge in [-0.1, -0.05) is 18.2 Å². The maximum absolute atomic E-state index is 13.8. The molecule has 0 atom stereocenters. The van der Waals surface area contributed by atoms with Gasteiger partial charge in [0.2, 0.25) is 5.91 Å². The minimum absolute atomic E-state index is 0.0171. The largest absolute Gasteiger partial charge is 0.365 e. The third-order valence-corrected chi connectivity index (χ3v) is 6.32. The number of allylic oxidation sites excluding steroid dienone is 1. The molecule has 2 aliphatic heterocycles. The molecule has 0 spiro atoms. The molecule has 2 aromatic rings. The molecule has 0 saturated carbocycles. The van der Waals surface area contributed by atoms with Crippen LogP contribution in [0.15, 0.2) is 48.2 Å². The molecule has 7 nitrogen and oxygen atoms in total. The topological polar surface area (TPSA) is 81.8 Å². The van der Waals surface area contributed by atoms with Gasteiger partial charge in [0, 0.05) is 18.3 Å². The molecule has 0 unspecified atom stereocenters. The van der Waals surface area contributed by atoms with Crippen LogP contribution in [-0.4, -0.2) is 41.9 Å². The maximum Gasteiger partial charge on any atom is 0.329 e. The molecule has 2 N–H and O–H groups in total. The molecule has 1 saturated heterocycles. The summed E-state index contributed by atoms with van der Waals surface area (Å²) in [6.07, 6.45) is 3.82. The molecule has 0 aliphatic carbocycles. The number of likely N-dealkylation sites (N-methyl/N-ethyl adjacent to an activating group) is 1. The molecule has 2 aliphatic rings. The van der Waals surface area contributed by atoms with Crippen LogP contribution in [-0.2, 0) is 9.59 Å². The number of anilines is 2. The van der Waals surface area contributed by atoms with Gasteiger partial charge in [-0.05, 0) is 74.7 Å². The van der Waals surface area contributed by atoms with Crippen molar-refractivity contribution in [1.29, 1.82) is 0 Å². The number of hydrogen-bond donors (Lipinski definition) is 2. The molecular weight excluding hydrogens is 435 g/mol. The smallest absolute Gasteiger partial charge is 0.329 e. The summed E-state index contributed by atoms with van der Waals surface area (Å²) >= 11 is 0. The van der Waals surface area contributed by atoms with Gasteiger partial charge in [-0.25, -0.2) is 14.1 Å². The number of benzene rings is 2. The van der Waals surface area contributed by atoms with Crippen molar-refractivity contribution >= 4 is 40.9 Å². The Morgan fingerprint density at radius 3 is 2.59 bits per heavy atom. The predicted molar refractivity (Wildman–Crippen MR) is 131 cm³/mol. The minimum Gasteiger partial charge on any atom is -0.365 e. The lowest BCUT2D eigenvalue weighted by Crippen LogP contribution is -2.42. The lowest BCUT2D eigenvalue weighted by atomic mass is 9.87. The van der Waals surface area contributed by atoms with Gasteiger partial charge >= 0.3 is 6.03 Å². The SMILES string of the molecule is CC1=CC(C)(C)N(C)c2cc(C)c(/C=C3/NC(=O)N(CC(=O)Nc4ccccc4F)C3=O)cc21. The van der Waals surface area contributed by atoms with Gasteiger partial charge in [0.15, 0.2) is 0 Å². The standard InChI is InChI=1S/C26H27FN4O3/c1-15-10-22-18(16(2)13-26(3,4)30(22)5)11-17(15)12-21-24(33)31(25(34)29-21)14-23(32)28-20-9-7-6-8-19(20)27/h6-13H,14H2,1-5H3,(H,28,32)(H,29,34)/b21-12+. The molecule has 4 amide bonds. The van der Waals surface area contributed by atoms with E-state index in [1.807, 2.05) is 20.0 Å². The van der Waals surface area contributed by atoms with Crippen LogP contribution < -0.4 is 15.5 Å². The Kier molecular flexibility index (Phi) is 5.77. The van der Waals surface area contributed by atoms with Gasteiger partial charge in [-0.15, -0.1) is 0 Å². The molecule has 1 fully saturated rings. The van der Waals surface area contributed by atoms with Crippen molar-refractivity contribution in [2.75, 3.05) is 23.8 Å². The average molecular weight is 463 g/mol. The van der Waals surface area contributed by atoms with E-state index < -0.39 is 30.2 Å². The fraction of sp³-hybridized carbons (Fsp3) is 0.269. The summed E-state index contributed by atoms with van der Waals surface area (Å²) in [6.45, 7) is 7.77. The second-order valence-electron chi connectivity index (χ2n) is 9.17. The first-order valence-corrected chi connectivity index (χ1v) is 10.9. The number of imide groups is 1. The van der Waals surface area contributed by atoms with Crippen molar-refractivity contribution in [3.63, 3.8) is 0 Å². The Hall–Kier alpha value is -3.94. The lowest BCUT2D eigenvalue weighted by molar-refractivity contribution is -0.127. The summed E-state index contributed by atoms with van der Waals surface area (Å²) in [5.74, 6) is -1.89. The number of fused-ring (bicyclic) bond motifs is 1. The van der Waals surface area contributed by atoms with Crippen molar-refractivity contribution in [1.82, 2.24) is 10.2 Å². The van der Waals surface area contributed by atoms with E-state index in [4.69, 9.17) is 0 Å². The number of halogens is 1. The average Bonchev–Trinajstić information content (AvgIpc) is 3.02. The van der Waals surface area contributed by atoms with Crippen LogP contribution >= 0.6 is 0 Å². The van der Waals surface area contributed by atoms with Crippen LogP contribution in [0, 0.1) is 12.7 Å². The lowest BCUT2D eigenvalue weighted by Gasteiger charge is -2.41. The van der Waals surface area contributed by atoms with Crippen molar-refractivity contribution < 1.29 is 18.8 Å². The van der Waals surface area contributed by atoms with Gasteiger partial charge < -0.3 is 15.5 Å². The summed E-state index contributed by atoms with van der Waals surface area (Å²) in [7, 11) is 2.05. The number of para-hydroxylation sites is 1. The monoisotopic (exact) mass is 462 g/mol. The first kappa shape index (κ1) is 23.2. The highest BCUT2D eigenvalue weighted by Crippen LogP contribution is 2.39. The van der Waals surface area contributed by atoms with E-state index in [1.54, 1.807) is 12.1 Å². The highest BCUT2D eigenvalue weighted by Gasteiger charge is 2.35. The van der Waals surface area contributed by atoms with Crippen LogP contribution in [0.5, 0.6) is 0 Å². The number of hydrogen-bond acceptors (Lipinski definition) is 4. The van der Waals surface area contributed by atoms with E-state index in [0.29, 0.717) is 0 Å². The summed E-state index contributed by atoms with van der Waals surface area (Å²) in [4.78, 5) is 40.6. The van der Waals surface area contributed by atoms with Crippen LogP contribution in [0.3, 0.4) is 0 Å². The second-order valence-corrected chi connectivity index (χ2v) is 9.17. The van der Waals surface area contributed by atoms with Crippen molar-refractivity contribution in [2.45, 2.75) is 33.2 Å². The maximum atomic E-state index is 13.8. The van der Waals surface area contributed by atoms with Gasteiger partial charge in [0.05, 0.1) is 11.2 Å². The minimum atomic E-state index is -0.701. The normalized spacial score (nSPS) is 18.1. The zero-order valence-electron chi connectivity index (χ0n) is 19.8. The summed E-state index contributed by atoms with van der Waals surface area (Å²) in [6, 6.07) is 9.05. The van der Waals surface area contributed by atoms with Gasteiger partial charge in [0.25, 0.3) is 5.91 Å². The number of urea groups is 1. The number of rotatable bonds is 4. The molecule has 2 heterocycles. The van der Waals surface area contributed by atoms with E-state index in [0.717, 1.165) is 32.9 Å². The number of amides is 4. The summed E-state index contributed by atoms with van der Waals surface area (Å²) in [5.41, 5.74) is 4.96. The molecule has 8 heteroatoms. The molecular formula is C26H27FN4O3. The predicted octanol–water partition coefficient (Wildman–Crippen LogP) is 4.30. The number of nitrogens with one attached hydrogen (secondary N) is 2. The fourth-order valence-electron chi connectivity index (χ4n) is 4.24. The number of aryl methyl sites for hydroxylation is 1. The van der Waals surface area contributed by atoms with E-state index in [1.165, 1.54) is 18.2 Å². The van der Waals surface area contributed by atoms with E-state index >= 15 is 0 Å². The second kappa shape index (κ2) is 8.44. The number of carbonyl (C=O) groups excluding carboxylic acids is 3. The zero-order chi connectivity index (χ0) is 24.8. The fourth-order valence-corrected chi connectivity index (χ4v) is 4.24. The van der Waals surface area contributed by atoms with E-state index in [2.05, 4.69) is 48.4 Å². The van der Waals surface area contributed by atoms with Crippen LogP contribution in [0.1, 0.15) is 37.5 Å². The van der Waals surface area contributed by atoms with Crippen molar-refractivity contribution in [2.24, 2.45) is 0 Å². The van der Waals surface area contributed by atoms with Crippen molar-refractivity contribution in [3.8, 4) is 0 Å². The molecule has 176 valence electrons. The van der Waals surface area contributed by atoms with Gasteiger partial charge in [-0.3, -0.25) is 9.59 Å². The first-order valence-electron chi connectivity index (χ1n) is 10.9. The highest BCUT2D eigenvalue weighted by molar-refractivity contribution is 6.16. The molecule has 34 heavy (non-hydrogen) atoms. The van der Waals surface area contributed by atoms with Crippen molar-refractivity contribution in [3.05, 3.63) is 70.7 Å². The third-order valence-electron chi connectivity index (χ3n) is 6.32. The molecule has 2 aromatic carbocycles. The Morgan fingerprint density at radius 2 is 1.88 bits per heavy atom. The Bertz CT molecular complexity index is 1280. The first-order chi connectivity index (χ1) is 16.0. The van der Waals surface area contributed by atoms with Gasteiger partial charge in [-0.2, -0.15) is 0 Å². The molecule has 4 rings (SSSR count). The highest BCUT2D eigenvalue weighted by atomic mass is 19.1. The quantitative estimate of drug-likeness (QED) is 0.525.